The molecule has 0 bridgehead atoms. The molecule has 0 fully saturated rings. The number of rotatable bonds is 7. The second kappa shape index (κ2) is 14.8. The summed E-state index contributed by atoms with van der Waals surface area (Å²) in [5, 5.41) is 7.75. The third-order valence-corrected chi connectivity index (χ3v) is 18.4. The lowest BCUT2D eigenvalue weighted by Gasteiger charge is -2.37. The Morgan fingerprint density at radius 1 is 0.388 bits per heavy atom. The Morgan fingerprint density at radius 2 is 1.00 bits per heavy atom. The highest BCUT2D eigenvalue weighted by Crippen LogP contribution is 2.52. The lowest BCUT2D eigenvalue weighted by atomic mass is 9.82. The molecule has 1 aliphatic heterocycles. The molecule has 67 heavy (non-hydrogen) atoms. The summed E-state index contributed by atoms with van der Waals surface area (Å²) < 4.78 is 6.80. The van der Waals surface area contributed by atoms with Gasteiger partial charge < -0.3 is 14.2 Å². The van der Waals surface area contributed by atoms with E-state index in [-0.39, 0.29) is 5.41 Å². The SMILES string of the molecule is CC1(C)c2ccccc2-c2ccc(N(c3ccccc3)c3ccc4c5c(cccc35)[Si](C)(C)c3cc(N(c5ccccc5-c5ccccc5)c5cccc6c5oc5ccccc56)ccc3-4)cc21. The van der Waals surface area contributed by atoms with Crippen molar-refractivity contribution in [3.8, 4) is 33.4 Å². The number of hydrogen-bond acceptors (Lipinski definition) is 3. The van der Waals surface area contributed by atoms with Gasteiger partial charge in [0.1, 0.15) is 13.7 Å². The fraction of sp³-hybridized carbons (Fsp3) is 0.0794. The van der Waals surface area contributed by atoms with Crippen LogP contribution in [0.1, 0.15) is 25.0 Å². The lowest BCUT2D eigenvalue weighted by Crippen LogP contribution is -2.56. The molecule has 4 heteroatoms. The van der Waals surface area contributed by atoms with E-state index < -0.39 is 8.07 Å². The van der Waals surface area contributed by atoms with Gasteiger partial charge in [-0.15, -0.1) is 0 Å². The van der Waals surface area contributed by atoms with Crippen molar-refractivity contribution in [1.82, 2.24) is 0 Å². The standard InChI is InChI=1S/C63H48N2OSi/c1-63(2)53-28-14-11-24-46(53)47-35-33-43(39-54(47)63)64(42-21-9-6-10-22-42)56-38-37-50-49-36-34-44(40-60(49)67(3,4)59-32-18-27-52(56)61(50)59)65(55-29-15-12-23-45(55)41-19-7-5-8-20-41)57-30-17-26-51-48-25-13-16-31-58(48)66-62(51)57/h5-40H,1-4H3. The molecular weight excluding hydrogens is 829 g/mol. The topological polar surface area (TPSA) is 19.6 Å². The van der Waals surface area contributed by atoms with Gasteiger partial charge in [0.25, 0.3) is 0 Å². The van der Waals surface area contributed by atoms with Crippen LogP contribution in [0.25, 0.3) is 66.1 Å². The number of fused-ring (bicyclic) bond motifs is 8. The summed E-state index contributed by atoms with van der Waals surface area (Å²) in [6, 6.07) is 80.5. The minimum atomic E-state index is -2.35. The minimum Gasteiger partial charge on any atom is -0.454 e. The molecule has 1 aromatic heterocycles. The number of anilines is 6. The number of para-hydroxylation sites is 4. The fourth-order valence-electron chi connectivity index (χ4n) is 11.6. The zero-order valence-electron chi connectivity index (χ0n) is 38.1. The van der Waals surface area contributed by atoms with Gasteiger partial charge in [-0.1, -0.05) is 185 Å². The van der Waals surface area contributed by atoms with E-state index in [1.54, 1.807) is 0 Å². The summed E-state index contributed by atoms with van der Waals surface area (Å²) in [6.45, 7) is 9.81. The largest absolute Gasteiger partial charge is 0.454 e. The van der Waals surface area contributed by atoms with Gasteiger partial charge >= 0.3 is 0 Å². The Labute approximate surface area is 392 Å². The number of benzene rings is 10. The van der Waals surface area contributed by atoms with E-state index in [0.29, 0.717) is 0 Å². The van der Waals surface area contributed by atoms with E-state index in [4.69, 9.17) is 4.42 Å². The van der Waals surface area contributed by atoms with Gasteiger partial charge in [-0.05, 0) is 115 Å². The molecule has 0 saturated carbocycles. The molecule has 11 aromatic rings. The van der Waals surface area contributed by atoms with Gasteiger partial charge in [-0.25, -0.2) is 0 Å². The van der Waals surface area contributed by atoms with Crippen LogP contribution in [0.5, 0.6) is 0 Å². The molecule has 13 rings (SSSR count). The first-order valence-electron chi connectivity index (χ1n) is 23.4. The molecule has 10 aromatic carbocycles. The van der Waals surface area contributed by atoms with Gasteiger partial charge in [-0.2, -0.15) is 0 Å². The van der Waals surface area contributed by atoms with E-state index in [1.165, 1.54) is 71.5 Å². The van der Waals surface area contributed by atoms with Crippen LogP contribution in [-0.4, -0.2) is 8.07 Å². The molecule has 1 aliphatic carbocycles. The van der Waals surface area contributed by atoms with Crippen LogP contribution in [0.15, 0.2) is 223 Å². The van der Waals surface area contributed by atoms with Crippen molar-refractivity contribution in [2.45, 2.75) is 32.4 Å². The maximum Gasteiger partial charge on any atom is 0.159 e. The van der Waals surface area contributed by atoms with Crippen molar-refractivity contribution in [3.05, 3.63) is 230 Å². The molecular formula is C63H48N2OSi. The second-order valence-electron chi connectivity index (χ2n) is 19.3. The van der Waals surface area contributed by atoms with Crippen molar-refractivity contribution >= 4 is 85.3 Å². The van der Waals surface area contributed by atoms with Gasteiger partial charge in [0.05, 0.1) is 17.1 Å². The fourth-order valence-corrected chi connectivity index (χ4v) is 14.7. The molecule has 0 unspecified atom stereocenters. The van der Waals surface area contributed by atoms with Crippen LogP contribution >= 0.6 is 0 Å². The lowest BCUT2D eigenvalue weighted by molar-refractivity contribution is 0.660. The van der Waals surface area contributed by atoms with E-state index in [1.807, 2.05) is 0 Å². The molecule has 0 amide bonds. The first-order valence-corrected chi connectivity index (χ1v) is 26.4. The first kappa shape index (κ1) is 39.4. The van der Waals surface area contributed by atoms with Gasteiger partial charge in [0, 0.05) is 44.2 Å². The second-order valence-corrected chi connectivity index (χ2v) is 23.6. The van der Waals surface area contributed by atoms with Crippen LogP contribution in [0, 0.1) is 0 Å². The molecule has 0 N–H and O–H groups in total. The summed E-state index contributed by atoms with van der Waals surface area (Å²) in [5.41, 5.74) is 18.7. The van der Waals surface area contributed by atoms with Crippen LogP contribution in [-0.2, 0) is 5.41 Å². The Hall–Kier alpha value is -7.92. The smallest absolute Gasteiger partial charge is 0.159 e. The minimum absolute atomic E-state index is 0.111. The van der Waals surface area contributed by atoms with Gasteiger partial charge in [0.15, 0.2) is 5.58 Å². The summed E-state index contributed by atoms with van der Waals surface area (Å²) in [7, 11) is -2.35. The summed E-state index contributed by atoms with van der Waals surface area (Å²) >= 11 is 0. The molecule has 3 nitrogen and oxygen atoms in total. The molecule has 0 atom stereocenters. The molecule has 320 valence electrons. The predicted molar refractivity (Wildman–Crippen MR) is 286 cm³/mol. The quantitative estimate of drug-likeness (QED) is 0.149. The molecule has 0 radical (unpaired) electrons. The van der Waals surface area contributed by atoms with Gasteiger partial charge in [-0.3, -0.25) is 0 Å². The zero-order chi connectivity index (χ0) is 45.0. The molecule has 0 spiro atoms. The van der Waals surface area contributed by atoms with Crippen LogP contribution in [0.2, 0.25) is 13.1 Å². The van der Waals surface area contributed by atoms with Crippen molar-refractivity contribution in [3.63, 3.8) is 0 Å². The first-order chi connectivity index (χ1) is 32.8. The highest BCUT2D eigenvalue weighted by atomic mass is 28.3. The number of nitrogens with zero attached hydrogens (tertiary/aromatic N) is 2. The van der Waals surface area contributed by atoms with Crippen LogP contribution in [0.4, 0.5) is 34.1 Å². The zero-order valence-corrected chi connectivity index (χ0v) is 39.1. The van der Waals surface area contributed by atoms with Crippen molar-refractivity contribution < 1.29 is 4.42 Å². The maximum atomic E-state index is 6.80. The highest BCUT2D eigenvalue weighted by Gasteiger charge is 2.39. The van der Waals surface area contributed by atoms with E-state index in [0.717, 1.165) is 50.3 Å². The Kier molecular flexibility index (Phi) is 8.71. The third-order valence-electron chi connectivity index (χ3n) is 14.9. The van der Waals surface area contributed by atoms with Crippen LogP contribution < -0.4 is 20.2 Å². The van der Waals surface area contributed by atoms with E-state index in [9.17, 15) is 0 Å². The summed E-state index contributed by atoms with van der Waals surface area (Å²) in [5.74, 6) is 0. The average molecular weight is 877 g/mol. The molecule has 2 heterocycles. The monoisotopic (exact) mass is 876 g/mol. The average Bonchev–Trinajstić information content (AvgIpc) is 3.86. The van der Waals surface area contributed by atoms with Crippen molar-refractivity contribution in [2.24, 2.45) is 0 Å². The Bertz CT molecular complexity index is 3770. The maximum absolute atomic E-state index is 6.80. The molecule has 2 aliphatic rings. The summed E-state index contributed by atoms with van der Waals surface area (Å²) in [4.78, 5) is 4.92. The molecule has 0 saturated heterocycles. The Morgan fingerprint density at radius 3 is 1.84 bits per heavy atom. The third kappa shape index (κ3) is 5.89. The van der Waals surface area contributed by atoms with Crippen LogP contribution in [0.3, 0.4) is 0 Å². The van der Waals surface area contributed by atoms with Crippen molar-refractivity contribution in [1.29, 1.82) is 0 Å². The number of hydrogen-bond donors (Lipinski definition) is 0. The normalized spacial score (nSPS) is 13.9. The predicted octanol–water partition coefficient (Wildman–Crippen LogP) is 16.5. The highest BCUT2D eigenvalue weighted by molar-refractivity contribution is 7.03. The van der Waals surface area contributed by atoms with Gasteiger partial charge in [0.2, 0.25) is 0 Å². The Balaban J connectivity index is 1.00. The van der Waals surface area contributed by atoms with E-state index >= 15 is 0 Å². The summed E-state index contributed by atoms with van der Waals surface area (Å²) in [6.07, 6.45) is 0. The van der Waals surface area contributed by atoms with E-state index in [2.05, 4.69) is 255 Å². The number of furan rings is 1. The van der Waals surface area contributed by atoms with Crippen molar-refractivity contribution in [2.75, 3.05) is 9.80 Å².